The number of anilines is 2. The average molecular weight is 282 g/mol. The predicted molar refractivity (Wildman–Crippen MR) is 70.6 cm³/mol. The van der Waals surface area contributed by atoms with E-state index in [4.69, 9.17) is 0 Å². The minimum Gasteiger partial charge on any atom is -0.371 e. The van der Waals surface area contributed by atoms with E-state index < -0.39 is 11.6 Å². The molecule has 0 radical (unpaired) electrons. The van der Waals surface area contributed by atoms with E-state index in [-0.39, 0.29) is 23.6 Å². The first-order valence-corrected chi connectivity index (χ1v) is 6.68. The highest BCUT2D eigenvalue weighted by atomic mass is 19.1. The number of rotatable bonds is 2. The van der Waals surface area contributed by atoms with Crippen LogP contribution in [0.5, 0.6) is 0 Å². The lowest BCUT2D eigenvalue weighted by molar-refractivity contribution is -0.129. The maximum atomic E-state index is 13.9. The number of carbonyl (C=O) groups is 1. The number of hydrogen-bond acceptors (Lipinski definition) is 4. The number of nitrogens with one attached hydrogen (secondary N) is 1. The topological polar surface area (TPSA) is 48.5 Å². The van der Waals surface area contributed by atoms with Gasteiger partial charge in [-0.05, 0) is 6.42 Å². The number of amides is 1. The summed E-state index contributed by atoms with van der Waals surface area (Å²) in [6.45, 7) is 1.63. The summed E-state index contributed by atoms with van der Waals surface area (Å²) < 4.78 is 27.3. The first kappa shape index (κ1) is 13.1. The molecule has 1 amide bonds. The number of piperazine rings is 1. The van der Waals surface area contributed by atoms with Gasteiger partial charge < -0.3 is 15.1 Å². The molecule has 0 spiro atoms. The Bertz CT molecular complexity index is 551. The van der Waals surface area contributed by atoms with Crippen LogP contribution in [0.1, 0.15) is 12.8 Å². The minimum atomic E-state index is -0.705. The van der Waals surface area contributed by atoms with Crippen molar-refractivity contribution in [1.82, 2.24) is 9.88 Å². The van der Waals surface area contributed by atoms with Gasteiger partial charge in [-0.15, -0.1) is 0 Å². The van der Waals surface area contributed by atoms with Crippen molar-refractivity contribution in [3.63, 3.8) is 0 Å². The molecule has 7 heteroatoms. The van der Waals surface area contributed by atoms with Gasteiger partial charge in [-0.3, -0.25) is 4.79 Å². The Morgan fingerprint density at radius 1 is 1.35 bits per heavy atom. The maximum absolute atomic E-state index is 13.9. The first-order chi connectivity index (χ1) is 9.60. The summed E-state index contributed by atoms with van der Waals surface area (Å²) in [5.41, 5.74) is 0. The molecule has 3 rings (SSSR count). The van der Waals surface area contributed by atoms with Crippen LogP contribution in [0.3, 0.4) is 0 Å². The number of fused-ring (bicyclic) bond motifs is 1. The van der Waals surface area contributed by atoms with Crippen LogP contribution in [0.25, 0.3) is 0 Å². The summed E-state index contributed by atoms with van der Waals surface area (Å²) in [4.78, 5) is 19.3. The van der Waals surface area contributed by atoms with Gasteiger partial charge in [-0.25, -0.2) is 13.8 Å². The number of hydrogen-bond donors (Lipinski definition) is 1. The van der Waals surface area contributed by atoms with Gasteiger partial charge in [0.15, 0.2) is 23.3 Å². The third kappa shape index (κ3) is 2.07. The van der Waals surface area contributed by atoms with Crippen LogP contribution in [-0.4, -0.2) is 48.5 Å². The molecule has 3 heterocycles. The van der Waals surface area contributed by atoms with E-state index in [1.807, 2.05) is 4.90 Å². The molecule has 108 valence electrons. The summed E-state index contributed by atoms with van der Waals surface area (Å²) in [5, 5.41) is 2.61. The van der Waals surface area contributed by atoms with Crippen LogP contribution in [-0.2, 0) is 4.79 Å². The minimum absolute atomic E-state index is 0.0336. The molecular formula is C13H16F2N4O. The van der Waals surface area contributed by atoms with Crippen LogP contribution in [0.2, 0.25) is 0 Å². The SMILES string of the molecule is CNc1nc(N2CCN3C(=O)CCC3C2)c(F)cc1F. The number of pyridine rings is 1. The van der Waals surface area contributed by atoms with Crippen molar-refractivity contribution in [2.24, 2.45) is 0 Å². The summed E-state index contributed by atoms with van der Waals surface area (Å²) in [7, 11) is 1.54. The van der Waals surface area contributed by atoms with Gasteiger partial charge in [0.2, 0.25) is 5.91 Å². The van der Waals surface area contributed by atoms with Crippen LogP contribution >= 0.6 is 0 Å². The third-order valence-corrected chi connectivity index (χ3v) is 3.94. The maximum Gasteiger partial charge on any atom is 0.223 e. The smallest absolute Gasteiger partial charge is 0.223 e. The quantitative estimate of drug-likeness (QED) is 0.886. The molecule has 1 N–H and O–H groups in total. The summed E-state index contributed by atoms with van der Waals surface area (Å²) >= 11 is 0. The van der Waals surface area contributed by atoms with Crippen molar-refractivity contribution < 1.29 is 13.6 Å². The van der Waals surface area contributed by atoms with Gasteiger partial charge in [-0.1, -0.05) is 0 Å². The number of aromatic nitrogens is 1. The second-order valence-corrected chi connectivity index (χ2v) is 5.10. The van der Waals surface area contributed by atoms with E-state index in [2.05, 4.69) is 10.3 Å². The van der Waals surface area contributed by atoms with E-state index in [0.717, 1.165) is 12.5 Å². The molecule has 20 heavy (non-hydrogen) atoms. The van der Waals surface area contributed by atoms with Crippen molar-refractivity contribution in [3.8, 4) is 0 Å². The molecule has 1 aromatic heterocycles. The number of carbonyl (C=O) groups excluding carboxylic acids is 1. The summed E-state index contributed by atoms with van der Waals surface area (Å²) in [6, 6.07) is 0.959. The van der Waals surface area contributed by atoms with Crippen molar-refractivity contribution in [2.45, 2.75) is 18.9 Å². The molecule has 0 aromatic carbocycles. The molecule has 1 unspecified atom stereocenters. The fourth-order valence-corrected chi connectivity index (χ4v) is 2.91. The van der Waals surface area contributed by atoms with Gasteiger partial charge in [-0.2, -0.15) is 0 Å². The summed E-state index contributed by atoms with van der Waals surface area (Å²) in [5.74, 6) is -1.03. The highest BCUT2D eigenvalue weighted by Crippen LogP contribution is 2.28. The van der Waals surface area contributed by atoms with Crippen molar-refractivity contribution in [3.05, 3.63) is 17.7 Å². The molecule has 0 aliphatic carbocycles. The van der Waals surface area contributed by atoms with Crippen molar-refractivity contribution >= 4 is 17.5 Å². The van der Waals surface area contributed by atoms with Crippen LogP contribution in [0.15, 0.2) is 6.07 Å². The Morgan fingerprint density at radius 3 is 2.90 bits per heavy atom. The zero-order valence-corrected chi connectivity index (χ0v) is 11.2. The molecule has 1 atom stereocenters. The lowest BCUT2D eigenvalue weighted by Crippen LogP contribution is -2.52. The zero-order valence-electron chi connectivity index (χ0n) is 11.2. The van der Waals surface area contributed by atoms with Gasteiger partial charge >= 0.3 is 0 Å². The monoisotopic (exact) mass is 282 g/mol. The van der Waals surface area contributed by atoms with Crippen LogP contribution in [0.4, 0.5) is 20.4 Å². The first-order valence-electron chi connectivity index (χ1n) is 6.68. The van der Waals surface area contributed by atoms with Crippen LogP contribution in [0, 0.1) is 11.6 Å². The van der Waals surface area contributed by atoms with E-state index >= 15 is 0 Å². The highest BCUT2D eigenvalue weighted by molar-refractivity contribution is 5.79. The van der Waals surface area contributed by atoms with Crippen molar-refractivity contribution in [2.75, 3.05) is 36.9 Å². The molecule has 2 aliphatic heterocycles. The number of halogens is 2. The Morgan fingerprint density at radius 2 is 2.15 bits per heavy atom. The largest absolute Gasteiger partial charge is 0.371 e. The molecule has 0 saturated carbocycles. The van der Waals surface area contributed by atoms with Gasteiger partial charge in [0.25, 0.3) is 0 Å². The van der Waals surface area contributed by atoms with Crippen molar-refractivity contribution in [1.29, 1.82) is 0 Å². The van der Waals surface area contributed by atoms with Gasteiger partial charge in [0, 0.05) is 45.2 Å². The lowest BCUT2D eigenvalue weighted by Gasteiger charge is -2.38. The molecular weight excluding hydrogens is 266 g/mol. The normalized spacial score (nSPS) is 22.1. The Kier molecular flexibility index (Phi) is 3.19. The molecule has 5 nitrogen and oxygen atoms in total. The Balaban J connectivity index is 1.85. The van der Waals surface area contributed by atoms with E-state index in [0.29, 0.717) is 26.1 Å². The second kappa shape index (κ2) is 4.88. The van der Waals surface area contributed by atoms with Gasteiger partial charge in [0.05, 0.1) is 0 Å². The molecule has 2 fully saturated rings. The van der Waals surface area contributed by atoms with E-state index in [1.165, 1.54) is 0 Å². The Hall–Kier alpha value is -1.92. The second-order valence-electron chi connectivity index (χ2n) is 5.10. The Labute approximate surface area is 115 Å². The van der Waals surface area contributed by atoms with E-state index in [1.54, 1.807) is 11.9 Å². The van der Waals surface area contributed by atoms with Gasteiger partial charge in [0.1, 0.15) is 0 Å². The number of nitrogens with zero attached hydrogens (tertiary/aromatic N) is 3. The van der Waals surface area contributed by atoms with E-state index in [9.17, 15) is 13.6 Å². The molecule has 2 aliphatic rings. The average Bonchev–Trinajstić information content (AvgIpc) is 2.80. The molecule has 0 bridgehead atoms. The zero-order chi connectivity index (χ0) is 14.3. The summed E-state index contributed by atoms with van der Waals surface area (Å²) in [6.07, 6.45) is 1.34. The fourth-order valence-electron chi connectivity index (χ4n) is 2.91. The molecule has 2 saturated heterocycles. The standard InChI is InChI=1S/C13H16F2N4O/c1-16-12-9(14)6-10(15)13(17-12)18-4-5-19-8(7-18)2-3-11(19)20/h6,8H,2-5,7H2,1H3,(H,16,17). The fraction of sp³-hybridized carbons (Fsp3) is 0.538. The lowest BCUT2D eigenvalue weighted by atomic mass is 10.1. The highest BCUT2D eigenvalue weighted by Gasteiger charge is 2.36. The van der Waals surface area contributed by atoms with Crippen LogP contribution < -0.4 is 10.2 Å². The molecule has 1 aromatic rings. The predicted octanol–water partition coefficient (Wildman–Crippen LogP) is 1.21. The third-order valence-electron chi connectivity index (χ3n) is 3.94.